The molecule has 378 valence electrons. The number of aliphatic hydroxyl groups is 6. The number of esters is 3. The number of hydrogen-bond acceptors (Lipinski definition) is 19. The number of benzene rings is 2. The van der Waals surface area contributed by atoms with Gasteiger partial charge < -0.3 is 80.2 Å². The molecule has 19 heteroatoms. The van der Waals surface area contributed by atoms with Crippen LogP contribution in [0, 0.1) is 50.2 Å². The monoisotopic (exact) mass is 968 g/mol. The quantitative estimate of drug-likeness (QED) is 0.0885. The Balaban J connectivity index is 1.12. The lowest BCUT2D eigenvalue weighted by Crippen LogP contribution is -2.70. The molecule has 19 nitrogen and oxygen atoms in total. The van der Waals surface area contributed by atoms with E-state index >= 15 is 0 Å². The molecule has 12 N–H and O–H groups in total. The van der Waals surface area contributed by atoms with Crippen molar-refractivity contribution in [3.8, 4) is 45.6 Å². The van der Waals surface area contributed by atoms with Gasteiger partial charge in [0.25, 0.3) is 0 Å². The van der Waals surface area contributed by atoms with Crippen molar-refractivity contribution in [2.75, 3.05) is 19.8 Å². The molecule has 2 aromatic rings. The maximum absolute atomic E-state index is 14.8. The van der Waals surface area contributed by atoms with E-state index in [1.807, 2.05) is 6.92 Å². The number of rotatable bonds is 5. The summed E-state index contributed by atoms with van der Waals surface area (Å²) in [5, 5.41) is 130. The van der Waals surface area contributed by atoms with Crippen LogP contribution in [0.15, 0.2) is 23.8 Å². The first-order chi connectivity index (χ1) is 32.3. The third kappa shape index (κ3) is 6.73. The van der Waals surface area contributed by atoms with E-state index in [4.69, 9.17) is 18.9 Å². The zero-order valence-electron chi connectivity index (χ0n) is 39.2. The third-order valence-electron chi connectivity index (χ3n) is 18.9. The van der Waals surface area contributed by atoms with Gasteiger partial charge in [0.15, 0.2) is 23.0 Å². The number of fused-ring (bicyclic) bond motifs is 11. The van der Waals surface area contributed by atoms with Gasteiger partial charge in [0.1, 0.15) is 36.6 Å². The molecule has 2 heterocycles. The molecule has 5 fully saturated rings. The smallest absolute Gasteiger partial charge is 0.339 e. The zero-order valence-corrected chi connectivity index (χ0v) is 39.2. The van der Waals surface area contributed by atoms with E-state index in [0.29, 0.717) is 51.4 Å². The van der Waals surface area contributed by atoms with Gasteiger partial charge in [0, 0.05) is 11.1 Å². The zero-order chi connectivity index (χ0) is 50.3. The first kappa shape index (κ1) is 49.1. The number of hydrogen-bond donors (Lipinski definition) is 12. The topological polar surface area (TPSA) is 331 Å². The minimum Gasteiger partial charge on any atom is -0.504 e. The fraction of sp³-hybridized carbons (Fsp3) is 0.660. The molecule has 2 aliphatic heterocycles. The summed E-state index contributed by atoms with van der Waals surface area (Å²) in [6.45, 7) is 8.54. The molecule has 0 bridgehead atoms. The summed E-state index contributed by atoms with van der Waals surface area (Å²) in [6, 6.07) is 1.48. The van der Waals surface area contributed by atoms with E-state index in [9.17, 15) is 75.7 Å². The van der Waals surface area contributed by atoms with Crippen LogP contribution in [0.2, 0.25) is 0 Å². The number of aliphatic hydroxyl groups excluding tert-OH is 6. The highest BCUT2D eigenvalue weighted by atomic mass is 16.7. The van der Waals surface area contributed by atoms with Gasteiger partial charge in [-0.1, -0.05) is 46.3 Å². The molecule has 0 amide bonds. The Morgan fingerprint density at radius 1 is 0.710 bits per heavy atom. The number of allylic oxidation sites excluding steroid dienone is 2. The highest BCUT2D eigenvalue weighted by molar-refractivity contribution is 6.08. The second kappa shape index (κ2) is 16.3. The van der Waals surface area contributed by atoms with Gasteiger partial charge in [-0.2, -0.15) is 0 Å². The van der Waals surface area contributed by atoms with Crippen LogP contribution in [-0.4, -0.2) is 142 Å². The average Bonchev–Trinajstić information content (AvgIpc) is 3.30. The van der Waals surface area contributed by atoms with Crippen molar-refractivity contribution in [1.82, 2.24) is 0 Å². The van der Waals surface area contributed by atoms with Crippen LogP contribution in [0.1, 0.15) is 113 Å². The Bertz CT molecular complexity index is 2500. The molecule has 14 unspecified atom stereocenters. The summed E-state index contributed by atoms with van der Waals surface area (Å²) in [4.78, 5) is 43.8. The van der Waals surface area contributed by atoms with Gasteiger partial charge in [0.05, 0.1) is 41.8 Å². The molecule has 9 rings (SSSR count). The predicted octanol–water partition coefficient (Wildman–Crippen LogP) is 3.35. The molecule has 69 heavy (non-hydrogen) atoms. The number of aromatic hydroxyl groups is 6. The Labute approximate surface area is 397 Å². The van der Waals surface area contributed by atoms with Crippen molar-refractivity contribution in [3.63, 3.8) is 0 Å². The maximum Gasteiger partial charge on any atom is 0.339 e. The van der Waals surface area contributed by atoms with Crippen LogP contribution >= 0.6 is 0 Å². The Morgan fingerprint density at radius 3 is 1.87 bits per heavy atom. The second-order valence-corrected chi connectivity index (χ2v) is 22.5. The van der Waals surface area contributed by atoms with Crippen molar-refractivity contribution in [2.24, 2.45) is 50.2 Å². The summed E-state index contributed by atoms with van der Waals surface area (Å²) < 4.78 is 24.0. The lowest BCUT2D eigenvalue weighted by atomic mass is 9.33. The van der Waals surface area contributed by atoms with Crippen LogP contribution in [0.5, 0.6) is 34.5 Å². The largest absolute Gasteiger partial charge is 0.504 e. The number of ether oxygens (including phenoxy) is 4. The van der Waals surface area contributed by atoms with Gasteiger partial charge in [0.2, 0.25) is 17.8 Å². The van der Waals surface area contributed by atoms with Crippen molar-refractivity contribution in [3.05, 3.63) is 34.9 Å². The van der Waals surface area contributed by atoms with Crippen LogP contribution in [-0.2, 0) is 23.7 Å². The molecule has 4 saturated carbocycles. The van der Waals surface area contributed by atoms with Gasteiger partial charge in [-0.25, -0.2) is 9.59 Å². The molecular weight excluding hydrogens is 905 g/mol. The summed E-state index contributed by atoms with van der Waals surface area (Å²) in [7, 11) is 0. The third-order valence-corrected chi connectivity index (χ3v) is 18.9. The number of carbonyl (C=O) groups excluding carboxylic acids is 3. The standard InChI is InChI=1S/C50H64O19/c1-45(2)10-12-49(44(65)69-43-39(62)38(61)35(58)28(18-51)67-43)13-11-47(4)23(24(49)16-45)6-7-29-46(3)17-27-40(50(19-52,20-53)30(46)8-9-48(29,47)5)68-42(64)22-15-26(55)34(57)37(60)32(22)31-21(41(63)66-27)14-25(54)33(56)36(31)59/h6,14-15,24,27-30,35,38-40,43,51-62H,7-13,16-20H2,1-5H3. The van der Waals surface area contributed by atoms with Gasteiger partial charge in [-0.3, -0.25) is 4.79 Å². The lowest BCUT2D eigenvalue weighted by molar-refractivity contribution is -0.297. The average molecular weight is 969 g/mol. The first-order valence-corrected chi connectivity index (χ1v) is 23.7. The molecule has 0 spiro atoms. The fourth-order valence-corrected chi connectivity index (χ4v) is 14.9. The Kier molecular flexibility index (Phi) is 11.6. The molecule has 2 aromatic carbocycles. The SMILES string of the molecule is CC1(C)CCC2(C(=O)OC3OC(CO)C(O)C(O)C3O)CCC3(C)C(=CCC4C5(C)CC6OC(=O)c7cc(O)c(O)c(O)c7-c7c(cc(O)c(O)c7O)C(=O)OC6C(CO)(CO)C5CCC43C)C2C1. The van der Waals surface area contributed by atoms with E-state index in [1.54, 1.807) is 0 Å². The van der Waals surface area contributed by atoms with Crippen LogP contribution in [0.25, 0.3) is 11.1 Å². The van der Waals surface area contributed by atoms with Crippen molar-refractivity contribution in [1.29, 1.82) is 0 Å². The van der Waals surface area contributed by atoms with E-state index in [0.717, 1.165) is 17.7 Å². The summed E-state index contributed by atoms with van der Waals surface area (Å²) in [5.74, 6) is -10.9. The predicted molar refractivity (Wildman–Crippen MR) is 237 cm³/mol. The minimum atomic E-state index is -1.77. The van der Waals surface area contributed by atoms with Crippen LogP contribution < -0.4 is 0 Å². The van der Waals surface area contributed by atoms with Crippen LogP contribution in [0.3, 0.4) is 0 Å². The van der Waals surface area contributed by atoms with Gasteiger partial charge >= 0.3 is 17.9 Å². The van der Waals surface area contributed by atoms with E-state index < -0.39 is 170 Å². The highest BCUT2D eigenvalue weighted by Gasteiger charge is 2.73. The summed E-state index contributed by atoms with van der Waals surface area (Å²) >= 11 is 0. The van der Waals surface area contributed by atoms with Crippen molar-refractivity contribution < 1.29 is 94.6 Å². The summed E-state index contributed by atoms with van der Waals surface area (Å²) in [5.41, 5.74) is -6.69. The first-order valence-electron chi connectivity index (χ1n) is 23.7. The molecule has 14 atom stereocenters. The molecular formula is C50H64O19. The van der Waals surface area contributed by atoms with E-state index in [-0.39, 0.29) is 23.7 Å². The molecule has 7 aliphatic rings. The second-order valence-electron chi connectivity index (χ2n) is 22.5. The number of carbonyl (C=O) groups is 3. The van der Waals surface area contributed by atoms with Gasteiger partial charge in [-0.05, 0) is 109 Å². The minimum absolute atomic E-state index is 0.0126. The highest BCUT2D eigenvalue weighted by Crippen LogP contribution is 2.76. The molecule has 0 aromatic heterocycles. The van der Waals surface area contributed by atoms with E-state index in [1.165, 1.54) is 0 Å². The molecule has 0 radical (unpaired) electrons. The van der Waals surface area contributed by atoms with Gasteiger partial charge in [-0.15, -0.1) is 0 Å². The summed E-state index contributed by atoms with van der Waals surface area (Å²) in [6.07, 6.45) is -4.79. The Hall–Kier alpha value is -4.89. The van der Waals surface area contributed by atoms with Crippen LogP contribution in [0.4, 0.5) is 0 Å². The Morgan fingerprint density at radius 2 is 1.29 bits per heavy atom. The fourth-order valence-electron chi connectivity index (χ4n) is 14.9. The number of phenols is 6. The molecule has 1 saturated heterocycles. The molecule has 5 aliphatic carbocycles. The lowest BCUT2D eigenvalue weighted by Gasteiger charge is -2.71. The van der Waals surface area contributed by atoms with Crippen molar-refractivity contribution in [2.45, 2.75) is 135 Å². The number of phenolic OH excluding ortho intramolecular Hbond substituents is 6. The van der Waals surface area contributed by atoms with Crippen molar-refractivity contribution >= 4 is 17.9 Å². The normalized spacial score (nSPS) is 39.8. The maximum atomic E-state index is 14.8. The van der Waals surface area contributed by atoms with E-state index in [2.05, 4.69) is 33.8 Å².